The molecule has 0 atom stereocenters. The molecule has 0 saturated heterocycles. The zero-order valence-corrected chi connectivity index (χ0v) is 9.03. The fourth-order valence-electron chi connectivity index (χ4n) is 0.904. The van der Waals surface area contributed by atoms with Crippen LogP contribution < -0.4 is 0 Å². The van der Waals surface area contributed by atoms with Gasteiger partial charge in [-0.25, -0.2) is 0 Å². The first-order valence-electron chi connectivity index (χ1n) is 5.06. The van der Waals surface area contributed by atoms with Gasteiger partial charge >= 0.3 is 11.9 Å². The number of aliphatic hydroxyl groups is 1. The summed E-state index contributed by atoms with van der Waals surface area (Å²) in [6.07, 6.45) is 2.05. The van der Waals surface area contributed by atoms with Crippen molar-refractivity contribution in [3.63, 3.8) is 0 Å². The van der Waals surface area contributed by atoms with Crippen molar-refractivity contribution in [3.8, 4) is 0 Å². The molecule has 0 bridgehead atoms. The summed E-state index contributed by atoms with van der Waals surface area (Å²) in [5, 5.41) is 8.47. The van der Waals surface area contributed by atoms with Gasteiger partial charge in [-0.2, -0.15) is 0 Å². The third-order valence-electron chi connectivity index (χ3n) is 1.65. The van der Waals surface area contributed by atoms with E-state index in [2.05, 4.69) is 4.74 Å². The van der Waals surface area contributed by atoms with E-state index >= 15 is 0 Å². The maximum absolute atomic E-state index is 11.0. The average Bonchev–Trinajstić information content (AvgIpc) is 2.19. The predicted molar refractivity (Wildman–Crippen MR) is 53.1 cm³/mol. The number of unbranched alkanes of at least 4 members (excludes halogenated alkanes) is 1. The predicted octanol–water partition coefficient (Wildman–Crippen LogP) is 0.645. The summed E-state index contributed by atoms with van der Waals surface area (Å²) in [7, 11) is 0. The van der Waals surface area contributed by atoms with Crippen molar-refractivity contribution in [2.24, 2.45) is 0 Å². The van der Waals surface area contributed by atoms with Crippen LogP contribution in [-0.2, 0) is 19.1 Å². The zero-order chi connectivity index (χ0) is 11.5. The standard InChI is InChI=1S/C10H18O5/c1-9(12)14-8-4-5-10(13)15-7-3-2-6-11/h11H,2-8H2,1H3. The molecule has 5 nitrogen and oxygen atoms in total. The van der Waals surface area contributed by atoms with Crippen LogP contribution in [0.2, 0.25) is 0 Å². The minimum Gasteiger partial charge on any atom is -0.466 e. The highest BCUT2D eigenvalue weighted by atomic mass is 16.5. The molecular weight excluding hydrogens is 200 g/mol. The topological polar surface area (TPSA) is 72.8 Å². The van der Waals surface area contributed by atoms with Crippen LogP contribution in [0.25, 0.3) is 0 Å². The lowest BCUT2D eigenvalue weighted by molar-refractivity contribution is -0.146. The lowest BCUT2D eigenvalue weighted by Crippen LogP contribution is -2.08. The highest BCUT2D eigenvalue weighted by molar-refractivity contribution is 5.69. The van der Waals surface area contributed by atoms with Gasteiger partial charge in [0.05, 0.1) is 13.2 Å². The summed E-state index contributed by atoms with van der Waals surface area (Å²) in [4.78, 5) is 21.4. The molecule has 0 radical (unpaired) electrons. The normalized spacial score (nSPS) is 9.73. The molecule has 0 heterocycles. The lowest BCUT2D eigenvalue weighted by Gasteiger charge is -2.04. The fraction of sp³-hybridized carbons (Fsp3) is 0.800. The number of rotatable bonds is 8. The van der Waals surface area contributed by atoms with Gasteiger partial charge < -0.3 is 14.6 Å². The third kappa shape index (κ3) is 10.8. The molecule has 1 N–H and O–H groups in total. The van der Waals surface area contributed by atoms with E-state index in [1.54, 1.807) is 0 Å². The Balaban J connectivity index is 3.22. The second-order valence-electron chi connectivity index (χ2n) is 3.09. The molecule has 0 rings (SSSR count). The van der Waals surface area contributed by atoms with Gasteiger partial charge in [0.15, 0.2) is 0 Å². The van der Waals surface area contributed by atoms with Gasteiger partial charge in [0.25, 0.3) is 0 Å². The number of aliphatic hydroxyl groups excluding tert-OH is 1. The van der Waals surface area contributed by atoms with Gasteiger partial charge in [-0.05, 0) is 19.3 Å². The van der Waals surface area contributed by atoms with Crippen LogP contribution in [-0.4, -0.2) is 36.9 Å². The molecular formula is C10H18O5. The van der Waals surface area contributed by atoms with E-state index < -0.39 is 0 Å². The molecule has 0 unspecified atom stereocenters. The maximum Gasteiger partial charge on any atom is 0.305 e. The van der Waals surface area contributed by atoms with Gasteiger partial charge in [-0.15, -0.1) is 0 Å². The molecule has 15 heavy (non-hydrogen) atoms. The summed E-state index contributed by atoms with van der Waals surface area (Å²) in [6, 6.07) is 0. The zero-order valence-electron chi connectivity index (χ0n) is 9.03. The molecule has 0 aromatic carbocycles. The second-order valence-corrected chi connectivity index (χ2v) is 3.09. The molecule has 0 aliphatic carbocycles. The Morgan fingerprint density at radius 3 is 2.33 bits per heavy atom. The molecule has 0 aromatic rings. The third-order valence-corrected chi connectivity index (χ3v) is 1.65. The fourth-order valence-corrected chi connectivity index (χ4v) is 0.904. The number of esters is 2. The van der Waals surface area contributed by atoms with Crippen molar-refractivity contribution in [2.75, 3.05) is 19.8 Å². The molecule has 0 aliphatic heterocycles. The first kappa shape index (κ1) is 13.9. The smallest absolute Gasteiger partial charge is 0.305 e. The quantitative estimate of drug-likeness (QED) is 0.478. The number of hydrogen-bond donors (Lipinski definition) is 1. The van der Waals surface area contributed by atoms with Crippen LogP contribution in [0.1, 0.15) is 32.6 Å². The van der Waals surface area contributed by atoms with Gasteiger partial charge in [-0.1, -0.05) is 0 Å². The van der Waals surface area contributed by atoms with Crippen molar-refractivity contribution in [1.29, 1.82) is 0 Å². The second kappa shape index (κ2) is 9.45. The minimum absolute atomic E-state index is 0.115. The highest BCUT2D eigenvalue weighted by Crippen LogP contribution is 1.96. The number of carbonyl (C=O) groups excluding carboxylic acids is 2. The van der Waals surface area contributed by atoms with Gasteiger partial charge in [0.2, 0.25) is 0 Å². The maximum atomic E-state index is 11.0. The summed E-state index contributed by atoms with van der Waals surface area (Å²) in [6.45, 7) is 2.03. The molecule has 5 heteroatoms. The average molecular weight is 218 g/mol. The lowest BCUT2D eigenvalue weighted by atomic mass is 10.3. The number of hydrogen-bond acceptors (Lipinski definition) is 5. The van der Waals surface area contributed by atoms with Crippen molar-refractivity contribution < 1.29 is 24.2 Å². The SMILES string of the molecule is CC(=O)OCCCC(=O)OCCCCO. The van der Waals surface area contributed by atoms with E-state index in [0.29, 0.717) is 25.9 Å². The summed E-state index contributed by atoms with van der Waals surface area (Å²) in [5.41, 5.74) is 0. The van der Waals surface area contributed by atoms with Crippen molar-refractivity contribution in [1.82, 2.24) is 0 Å². The largest absolute Gasteiger partial charge is 0.466 e. The van der Waals surface area contributed by atoms with Gasteiger partial charge in [0, 0.05) is 20.0 Å². The molecule has 88 valence electrons. The summed E-state index contributed by atoms with van der Waals surface area (Å²) >= 11 is 0. The van der Waals surface area contributed by atoms with E-state index in [9.17, 15) is 9.59 Å². The molecule has 0 aromatic heterocycles. The van der Waals surface area contributed by atoms with E-state index in [0.717, 1.165) is 0 Å². The Kier molecular flexibility index (Phi) is 8.76. The van der Waals surface area contributed by atoms with Crippen LogP contribution >= 0.6 is 0 Å². The Morgan fingerprint density at radius 2 is 1.73 bits per heavy atom. The Hall–Kier alpha value is -1.10. The molecule has 0 aliphatic rings. The molecule has 0 amide bonds. The highest BCUT2D eigenvalue weighted by Gasteiger charge is 2.02. The van der Waals surface area contributed by atoms with E-state index in [1.165, 1.54) is 6.92 Å². The van der Waals surface area contributed by atoms with Crippen molar-refractivity contribution in [3.05, 3.63) is 0 Å². The van der Waals surface area contributed by atoms with Crippen LogP contribution in [0.3, 0.4) is 0 Å². The first-order chi connectivity index (χ1) is 7.16. The van der Waals surface area contributed by atoms with Crippen LogP contribution in [0.5, 0.6) is 0 Å². The van der Waals surface area contributed by atoms with Gasteiger partial charge in [-0.3, -0.25) is 9.59 Å². The number of carbonyl (C=O) groups is 2. The monoisotopic (exact) mass is 218 g/mol. The molecule has 0 saturated carbocycles. The molecule has 0 fully saturated rings. The van der Waals surface area contributed by atoms with E-state index in [1.807, 2.05) is 0 Å². The van der Waals surface area contributed by atoms with E-state index in [-0.39, 0.29) is 31.6 Å². The van der Waals surface area contributed by atoms with Crippen molar-refractivity contribution >= 4 is 11.9 Å². The van der Waals surface area contributed by atoms with E-state index in [4.69, 9.17) is 9.84 Å². The number of ether oxygens (including phenoxy) is 2. The van der Waals surface area contributed by atoms with Crippen LogP contribution in [0.4, 0.5) is 0 Å². The summed E-state index contributed by atoms with van der Waals surface area (Å²) in [5.74, 6) is -0.633. The van der Waals surface area contributed by atoms with Crippen LogP contribution in [0.15, 0.2) is 0 Å². The molecule has 0 spiro atoms. The Bertz CT molecular complexity index is 190. The Labute approximate surface area is 89.4 Å². The van der Waals surface area contributed by atoms with Gasteiger partial charge in [0.1, 0.15) is 0 Å². The van der Waals surface area contributed by atoms with Crippen LogP contribution in [0, 0.1) is 0 Å². The summed E-state index contributed by atoms with van der Waals surface area (Å²) < 4.78 is 9.52. The Morgan fingerprint density at radius 1 is 1.07 bits per heavy atom. The minimum atomic E-state index is -0.341. The first-order valence-corrected chi connectivity index (χ1v) is 5.06. The van der Waals surface area contributed by atoms with Crippen molar-refractivity contribution in [2.45, 2.75) is 32.6 Å².